The second kappa shape index (κ2) is 7.38. The molecule has 1 aliphatic carbocycles. The number of benzene rings is 1. The average molecular weight is 379 g/mol. The first-order valence-electron chi connectivity index (χ1n) is 9.34. The lowest BCUT2D eigenvalue weighted by Crippen LogP contribution is -2.39. The Morgan fingerprint density at radius 3 is 2.68 bits per heavy atom. The minimum absolute atomic E-state index is 0.0330. The quantitative estimate of drug-likeness (QED) is 0.721. The fourth-order valence-corrected chi connectivity index (χ4v) is 3.78. The van der Waals surface area contributed by atoms with Crippen LogP contribution in [0.3, 0.4) is 0 Å². The minimum Gasteiger partial charge on any atom is -0.481 e. The first-order chi connectivity index (χ1) is 13.5. The number of carboxylic acid groups (broad SMARTS) is 1. The highest BCUT2D eigenvalue weighted by atomic mass is 16.4. The fraction of sp³-hybridized carbons (Fsp3) is 0.350. The van der Waals surface area contributed by atoms with E-state index in [2.05, 4.69) is 20.6 Å². The van der Waals surface area contributed by atoms with Gasteiger partial charge in [0.2, 0.25) is 0 Å². The smallest absolute Gasteiger partial charge is 0.306 e. The molecule has 144 valence electrons. The maximum absolute atomic E-state index is 12.7. The van der Waals surface area contributed by atoms with Crippen molar-refractivity contribution in [3.8, 4) is 5.69 Å². The van der Waals surface area contributed by atoms with Crippen LogP contribution in [0.1, 0.15) is 41.9 Å². The van der Waals surface area contributed by atoms with Crippen LogP contribution in [0.25, 0.3) is 16.6 Å². The zero-order chi connectivity index (χ0) is 19.7. The molecular weight excluding hydrogens is 358 g/mol. The number of aromatic nitrogens is 4. The maximum Gasteiger partial charge on any atom is 0.306 e. The molecule has 1 saturated carbocycles. The normalized spacial score (nSPS) is 19.5. The van der Waals surface area contributed by atoms with E-state index in [4.69, 9.17) is 5.11 Å². The van der Waals surface area contributed by atoms with E-state index in [9.17, 15) is 9.59 Å². The lowest BCUT2D eigenvalue weighted by Gasteiger charge is -2.26. The molecule has 1 fully saturated rings. The summed E-state index contributed by atoms with van der Waals surface area (Å²) in [5, 5.41) is 21.3. The maximum atomic E-state index is 12.7. The third-order valence-electron chi connectivity index (χ3n) is 5.37. The van der Waals surface area contributed by atoms with Crippen LogP contribution in [-0.2, 0) is 4.79 Å². The van der Waals surface area contributed by atoms with Gasteiger partial charge in [0.25, 0.3) is 5.91 Å². The largest absolute Gasteiger partial charge is 0.481 e. The summed E-state index contributed by atoms with van der Waals surface area (Å²) in [7, 11) is 0. The molecule has 4 rings (SSSR count). The Morgan fingerprint density at radius 1 is 1.14 bits per heavy atom. The molecule has 0 bridgehead atoms. The predicted octanol–water partition coefficient (Wildman–Crippen LogP) is 2.50. The summed E-state index contributed by atoms with van der Waals surface area (Å²) in [5.74, 6) is -1.34. The zero-order valence-corrected chi connectivity index (χ0v) is 15.5. The molecule has 3 aromatic rings. The molecule has 8 heteroatoms. The molecule has 1 amide bonds. The van der Waals surface area contributed by atoms with E-state index in [0.717, 1.165) is 16.6 Å². The Bertz CT molecular complexity index is 1030. The Hall–Kier alpha value is -3.29. The summed E-state index contributed by atoms with van der Waals surface area (Å²) in [5.41, 5.74) is 2.59. The van der Waals surface area contributed by atoms with Gasteiger partial charge in [-0.15, -0.1) is 5.10 Å². The summed E-state index contributed by atoms with van der Waals surface area (Å²) in [6.45, 7) is 1.81. The molecule has 2 aromatic heterocycles. The highest BCUT2D eigenvalue weighted by Gasteiger charge is 2.28. The molecule has 0 atom stereocenters. The van der Waals surface area contributed by atoms with Gasteiger partial charge in [-0.3, -0.25) is 14.6 Å². The number of nitrogens with one attached hydrogen (secondary N) is 1. The van der Waals surface area contributed by atoms with E-state index >= 15 is 0 Å². The first kappa shape index (κ1) is 18.1. The number of fused-ring (bicyclic) bond motifs is 1. The SMILES string of the molecule is Cc1c(C(=O)NC2CCC(C(=O)O)CC2)nnn1-c1cccc2ncccc12. The van der Waals surface area contributed by atoms with Gasteiger partial charge in [-0.05, 0) is 56.9 Å². The van der Waals surface area contributed by atoms with Gasteiger partial charge in [-0.25, -0.2) is 4.68 Å². The minimum atomic E-state index is -0.756. The lowest BCUT2D eigenvalue weighted by molar-refractivity contribution is -0.142. The molecule has 0 spiro atoms. The van der Waals surface area contributed by atoms with Crippen molar-refractivity contribution in [2.24, 2.45) is 5.92 Å². The van der Waals surface area contributed by atoms with Crippen molar-refractivity contribution in [2.75, 3.05) is 0 Å². The van der Waals surface area contributed by atoms with Crippen LogP contribution in [0.2, 0.25) is 0 Å². The van der Waals surface area contributed by atoms with Crippen LogP contribution in [0.15, 0.2) is 36.5 Å². The van der Waals surface area contributed by atoms with Crippen LogP contribution in [0.5, 0.6) is 0 Å². The van der Waals surface area contributed by atoms with Gasteiger partial charge in [0.15, 0.2) is 5.69 Å². The first-order valence-corrected chi connectivity index (χ1v) is 9.34. The Balaban J connectivity index is 1.54. The zero-order valence-electron chi connectivity index (χ0n) is 15.5. The molecule has 2 N–H and O–H groups in total. The molecule has 0 saturated heterocycles. The van der Waals surface area contributed by atoms with E-state index < -0.39 is 5.97 Å². The van der Waals surface area contributed by atoms with E-state index in [1.54, 1.807) is 10.9 Å². The van der Waals surface area contributed by atoms with Crippen LogP contribution in [0.4, 0.5) is 0 Å². The Morgan fingerprint density at radius 2 is 1.93 bits per heavy atom. The fourth-order valence-electron chi connectivity index (χ4n) is 3.78. The molecule has 1 aromatic carbocycles. The summed E-state index contributed by atoms with van der Waals surface area (Å²) in [4.78, 5) is 28.1. The van der Waals surface area contributed by atoms with Gasteiger partial charge in [-0.2, -0.15) is 0 Å². The molecule has 0 aliphatic heterocycles. The molecule has 8 nitrogen and oxygen atoms in total. The highest BCUT2D eigenvalue weighted by molar-refractivity contribution is 5.94. The number of carboxylic acids is 1. The van der Waals surface area contributed by atoms with E-state index in [-0.39, 0.29) is 23.6 Å². The number of amides is 1. The third-order valence-corrected chi connectivity index (χ3v) is 5.37. The molecule has 2 heterocycles. The second-order valence-corrected chi connectivity index (χ2v) is 7.14. The van der Waals surface area contributed by atoms with Crippen molar-refractivity contribution in [3.63, 3.8) is 0 Å². The molecular formula is C20H21N5O3. The molecule has 0 unspecified atom stereocenters. The average Bonchev–Trinajstić information content (AvgIpc) is 3.09. The van der Waals surface area contributed by atoms with Gasteiger partial charge in [0.1, 0.15) is 0 Å². The number of pyridine rings is 1. The van der Waals surface area contributed by atoms with Crippen LogP contribution < -0.4 is 5.32 Å². The van der Waals surface area contributed by atoms with E-state index in [0.29, 0.717) is 31.4 Å². The van der Waals surface area contributed by atoms with E-state index in [1.165, 1.54) is 0 Å². The summed E-state index contributed by atoms with van der Waals surface area (Å²) < 4.78 is 1.65. The van der Waals surface area contributed by atoms with Crippen molar-refractivity contribution in [1.29, 1.82) is 0 Å². The molecule has 0 radical (unpaired) electrons. The Kier molecular flexibility index (Phi) is 4.77. The molecule has 1 aliphatic rings. The number of hydrogen-bond donors (Lipinski definition) is 2. The molecule has 28 heavy (non-hydrogen) atoms. The number of nitrogens with zero attached hydrogens (tertiary/aromatic N) is 4. The predicted molar refractivity (Wildman–Crippen MR) is 102 cm³/mol. The van der Waals surface area contributed by atoms with Gasteiger partial charge >= 0.3 is 5.97 Å². The van der Waals surface area contributed by atoms with Crippen molar-refractivity contribution in [2.45, 2.75) is 38.6 Å². The number of hydrogen-bond acceptors (Lipinski definition) is 5. The van der Waals surface area contributed by atoms with E-state index in [1.807, 2.05) is 37.3 Å². The van der Waals surface area contributed by atoms with Gasteiger partial charge in [-0.1, -0.05) is 11.3 Å². The van der Waals surface area contributed by atoms with Crippen molar-refractivity contribution in [1.82, 2.24) is 25.3 Å². The number of carbonyl (C=O) groups is 2. The lowest BCUT2D eigenvalue weighted by atomic mass is 9.86. The summed E-state index contributed by atoms with van der Waals surface area (Å²) >= 11 is 0. The van der Waals surface area contributed by atoms with Gasteiger partial charge < -0.3 is 10.4 Å². The number of rotatable bonds is 4. The third kappa shape index (κ3) is 3.33. The van der Waals surface area contributed by atoms with Crippen LogP contribution >= 0.6 is 0 Å². The highest BCUT2D eigenvalue weighted by Crippen LogP contribution is 2.25. The standard InChI is InChI=1S/C20H21N5O3/c1-12-18(19(26)22-14-9-7-13(8-10-14)20(27)28)23-24-25(12)17-6-2-5-16-15(17)4-3-11-21-16/h2-6,11,13-14H,7-10H2,1H3,(H,22,26)(H,27,28). The van der Waals surface area contributed by atoms with Crippen molar-refractivity contribution in [3.05, 3.63) is 47.9 Å². The number of carbonyl (C=O) groups excluding carboxylic acids is 1. The van der Waals surface area contributed by atoms with Crippen molar-refractivity contribution >= 4 is 22.8 Å². The van der Waals surface area contributed by atoms with Gasteiger partial charge in [0.05, 0.1) is 22.8 Å². The monoisotopic (exact) mass is 379 g/mol. The summed E-state index contributed by atoms with van der Waals surface area (Å²) in [6.07, 6.45) is 4.21. The second-order valence-electron chi connectivity index (χ2n) is 7.14. The van der Waals surface area contributed by atoms with Gasteiger partial charge in [0, 0.05) is 17.6 Å². The topological polar surface area (TPSA) is 110 Å². The summed E-state index contributed by atoms with van der Waals surface area (Å²) in [6, 6.07) is 9.52. The van der Waals surface area contributed by atoms with Crippen LogP contribution in [0, 0.1) is 12.8 Å². The van der Waals surface area contributed by atoms with Crippen molar-refractivity contribution < 1.29 is 14.7 Å². The van der Waals surface area contributed by atoms with Crippen LogP contribution in [-0.4, -0.2) is 43.0 Å². The number of aliphatic carboxylic acids is 1. The Labute approximate surface area is 161 Å².